The second kappa shape index (κ2) is 7.92. The molecule has 0 spiro atoms. The number of carbonyl (C=O) groups excluding carboxylic acids is 1. The third kappa shape index (κ3) is 4.44. The number of ether oxygens (including phenoxy) is 1. The lowest BCUT2D eigenvalue weighted by molar-refractivity contribution is 0.250. The molecule has 1 heterocycles. The standard InChI is InChI=1S/C20H25N3O2/c1-15-6-3-4-9-19(15)22-20(24)21-13-16-10-11-23(14-16)17-7-5-8-18(12-17)25-2/h3-9,12,16H,10-11,13-14H2,1-2H3,(H2,21,22,24)/t16-/m0/s1. The van der Waals surface area contributed by atoms with Crippen LogP contribution in [0.1, 0.15) is 12.0 Å². The highest BCUT2D eigenvalue weighted by Crippen LogP contribution is 2.26. The molecule has 2 aromatic rings. The Balaban J connectivity index is 1.48. The molecule has 0 saturated carbocycles. The van der Waals surface area contributed by atoms with Gasteiger partial charge in [-0.15, -0.1) is 0 Å². The number of amides is 2. The minimum absolute atomic E-state index is 0.144. The molecule has 2 aromatic carbocycles. The first-order valence-corrected chi connectivity index (χ1v) is 8.65. The summed E-state index contributed by atoms with van der Waals surface area (Å²) in [5, 5.41) is 5.91. The summed E-state index contributed by atoms with van der Waals surface area (Å²) in [6, 6.07) is 15.8. The van der Waals surface area contributed by atoms with Gasteiger partial charge in [-0.2, -0.15) is 0 Å². The molecule has 2 N–H and O–H groups in total. The van der Waals surface area contributed by atoms with Crippen molar-refractivity contribution in [2.75, 3.05) is 37.0 Å². The summed E-state index contributed by atoms with van der Waals surface area (Å²) in [6.07, 6.45) is 1.07. The highest BCUT2D eigenvalue weighted by molar-refractivity contribution is 5.90. The van der Waals surface area contributed by atoms with E-state index in [-0.39, 0.29) is 6.03 Å². The second-order valence-corrected chi connectivity index (χ2v) is 6.45. The molecule has 132 valence electrons. The topological polar surface area (TPSA) is 53.6 Å². The molecule has 2 amide bonds. The predicted molar refractivity (Wildman–Crippen MR) is 102 cm³/mol. The fourth-order valence-corrected chi connectivity index (χ4v) is 3.16. The maximum Gasteiger partial charge on any atom is 0.319 e. The van der Waals surface area contributed by atoms with E-state index < -0.39 is 0 Å². The molecule has 1 aliphatic heterocycles. The van der Waals surface area contributed by atoms with Crippen molar-refractivity contribution in [3.63, 3.8) is 0 Å². The van der Waals surface area contributed by atoms with Crippen molar-refractivity contribution in [2.24, 2.45) is 5.92 Å². The Morgan fingerprint density at radius 2 is 2.08 bits per heavy atom. The van der Waals surface area contributed by atoms with Crippen molar-refractivity contribution in [3.8, 4) is 5.75 Å². The molecular weight excluding hydrogens is 314 g/mol. The van der Waals surface area contributed by atoms with Crippen LogP contribution >= 0.6 is 0 Å². The number of carbonyl (C=O) groups is 1. The first-order chi connectivity index (χ1) is 12.2. The highest BCUT2D eigenvalue weighted by atomic mass is 16.5. The number of aryl methyl sites for hydroxylation is 1. The largest absolute Gasteiger partial charge is 0.497 e. The van der Waals surface area contributed by atoms with Crippen LogP contribution in [-0.2, 0) is 0 Å². The van der Waals surface area contributed by atoms with Crippen molar-refractivity contribution in [2.45, 2.75) is 13.3 Å². The van der Waals surface area contributed by atoms with E-state index in [1.54, 1.807) is 7.11 Å². The van der Waals surface area contributed by atoms with E-state index in [9.17, 15) is 4.79 Å². The van der Waals surface area contributed by atoms with Crippen LogP contribution in [0.4, 0.5) is 16.2 Å². The Labute approximate surface area is 149 Å². The summed E-state index contributed by atoms with van der Waals surface area (Å²) in [7, 11) is 1.68. The molecule has 25 heavy (non-hydrogen) atoms. The number of hydrogen-bond acceptors (Lipinski definition) is 3. The number of anilines is 2. The Bertz CT molecular complexity index is 732. The first kappa shape index (κ1) is 17.1. The van der Waals surface area contributed by atoms with E-state index in [2.05, 4.69) is 27.7 Å². The number of hydrogen-bond donors (Lipinski definition) is 2. The molecule has 5 heteroatoms. The highest BCUT2D eigenvalue weighted by Gasteiger charge is 2.23. The maximum absolute atomic E-state index is 12.1. The van der Waals surface area contributed by atoms with E-state index in [1.165, 1.54) is 5.69 Å². The Morgan fingerprint density at radius 1 is 1.24 bits per heavy atom. The minimum Gasteiger partial charge on any atom is -0.497 e. The number of para-hydroxylation sites is 1. The predicted octanol–water partition coefficient (Wildman–Crippen LogP) is 3.65. The Hall–Kier alpha value is -2.69. The summed E-state index contributed by atoms with van der Waals surface area (Å²) in [6.45, 7) is 4.60. The van der Waals surface area contributed by atoms with Gasteiger partial charge in [-0.25, -0.2) is 4.79 Å². The van der Waals surface area contributed by atoms with Crippen LogP contribution in [0, 0.1) is 12.8 Å². The van der Waals surface area contributed by atoms with E-state index in [4.69, 9.17) is 4.74 Å². The number of urea groups is 1. The smallest absolute Gasteiger partial charge is 0.319 e. The zero-order valence-corrected chi connectivity index (χ0v) is 14.8. The van der Waals surface area contributed by atoms with Gasteiger partial charge in [-0.1, -0.05) is 24.3 Å². The van der Waals surface area contributed by atoms with Gasteiger partial charge in [-0.3, -0.25) is 0 Å². The van der Waals surface area contributed by atoms with E-state index in [0.717, 1.165) is 36.5 Å². The zero-order valence-electron chi connectivity index (χ0n) is 14.8. The van der Waals surface area contributed by atoms with Crippen molar-refractivity contribution in [1.29, 1.82) is 0 Å². The fourth-order valence-electron chi connectivity index (χ4n) is 3.16. The van der Waals surface area contributed by atoms with Crippen LogP contribution in [-0.4, -0.2) is 32.8 Å². The molecule has 1 saturated heterocycles. The lowest BCUT2D eigenvalue weighted by atomic mass is 10.1. The van der Waals surface area contributed by atoms with Gasteiger partial charge in [0.15, 0.2) is 0 Å². The summed E-state index contributed by atoms with van der Waals surface area (Å²) in [5.41, 5.74) is 3.08. The van der Waals surface area contributed by atoms with Crippen LogP contribution < -0.4 is 20.3 Å². The van der Waals surface area contributed by atoms with Gasteiger partial charge in [0.1, 0.15) is 5.75 Å². The molecular formula is C20H25N3O2. The Morgan fingerprint density at radius 3 is 2.88 bits per heavy atom. The normalized spacial score (nSPS) is 16.6. The molecule has 5 nitrogen and oxygen atoms in total. The van der Waals surface area contributed by atoms with Gasteiger partial charge < -0.3 is 20.3 Å². The summed E-state index contributed by atoms with van der Waals surface area (Å²) in [4.78, 5) is 14.4. The van der Waals surface area contributed by atoms with Crippen LogP contribution in [0.3, 0.4) is 0 Å². The third-order valence-corrected chi connectivity index (χ3v) is 4.65. The van der Waals surface area contributed by atoms with E-state index in [0.29, 0.717) is 12.5 Å². The minimum atomic E-state index is -0.144. The maximum atomic E-state index is 12.1. The number of nitrogens with zero attached hydrogens (tertiary/aromatic N) is 1. The lowest BCUT2D eigenvalue weighted by Gasteiger charge is -2.19. The van der Waals surface area contributed by atoms with Crippen molar-refractivity contribution in [3.05, 3.63) is 54.1 Å². The van der Waals surface area contributed by atoms with Crippen molar-refractivity contribution in [1.82, 2.24) is 5.32 Å². The molecule has 1 aliphatic rings. The number of nitrogens with one attached hydrogen (secondary N) is 2. The number of benzene rings is 2. The van der Waals surface area contributed by atoms with Gasteiger partial charge in [-0.05, 0) is 43.0 Å². The average molecular weight is 339 g/mol. The molecule has 3 rings (SSSR count). The molecule has 0 bridgehead atoms. The van der Waals surface area contributed by atoms with Crippen molar-refractivity contribution < 1.29 is 9.53 Å². The van der Waals surface area contributed by atoms with E-state index in [1.807, 2.05) is 43.3 Å². The van der Waals surface area contributed by atoms with Crippen molar-refractivity contribution >= 4 is 17.4 Å². The monoisotopic (exact) mass is 339 g/mol. The van der Waals surface area contributed by atoms with Crippen LogP contribution in [0.5, 0.6) is 5.75 Å². The third-order valence-electron chi connectivity index (χ3n) is 4.65. The summed E-state index contributed by atoms with van der Waals surface area (Å²) < 4.78 is 5.29. The lowest BCUT2D eigenvalue weighted by Crippen LogP contribution is -2.34. The van der Waals surface area contributed by atoms with Crippen LogP contribution in [0.25, 0.3) is 0 Å². The first-order valence-electron chi connectivity index (χ1n) is 8.65. The van der Waals surface area contributed by atoms with Gasteiger partial charge in [0.25, 0.3) is 0 Å². The molecule has 0 aromatic heterocycles. The fraction of sp³-hybridized carbons (Fsp3) is 0.350. The molecule has 0 unspecified atom stereocenters. The molecule has 1 atom stereocenters. The molecule has 0 radical (unpaired) electrons. The number of methoxy groups -OCH3 is 1. The SMILES string of the molecule is COc1cccc(N2CC[C@@H](CNC(=O)Nc3ccccc3C)C2)c1. The average Bonchev–Trinajstić information content (AvgIpc) is 3.11. The van der Waals surface area contributed by atoms with Gasteiger partial charge in [0.2, 0.25) is 0 Å². The zero-order chi connectivity index (χ0) is 17.6. The molecule has 1 fully saturated rings. The van der Waals surface area contributed by atoms with Gasteiger partial charge in [0, 0.05) is 37.1 Å². The Kier molecular flexibility index (Phi) is 5.43. The van der Waals surface area contributed by atoms with Gasteiger partial charge in [0.05, 0.1) is 7.11 Å². The number of rotatable bonds is 5. The second-order valence-electron chi connectivity index (χ2n) is 6.45. The molecule has 0 aliphatic carbocycles. The van der Waals surface area contributed by atoms with Gasteiger partial charge >= 0.3 is 6.03 Å². The van der Waals surface area contributed by atoms with Crippen LogP contribution in [0.15, 0.2) is 48.5 Å². The summed E-state index contributed by atoms with van der Waals surface area (Å²) in [5.74, 6) is 1.32. The van der Waals surface area contributed by atoms with Crippen LogP contribution in [0.2, 0.25) is 0 Å². The summed E-state index contributed by atoms with van der Waals surface area (Å²) >= 11 is 0. The quantitative estimate of drug-likeness (QED) is 0.874. The van der Waals surface area contributed by atoms with E-state index >= 15 is 0 Å².